The highest BCUT2D eigenvalue weighted by Crippen LogP contribution is 2.38. The summed E-state index contributed by atoms with van der Waals surface area (Å²) in [6.07, 6.45) is 0. The van der Waals surface area contributed by atoms with Gasteiger partial charge in [-0.2, -0.15) is 5.10 Å². The maximum Gasteiger partial charge on any atom is 0.265 e. The predicted molar refractivity (Wildman–Crippen MR) is 123 cm³/mol. The number of nitrogens with one attached hydrogen (secondary N) is 1. The highest BCUT2D eigenvalue weighted by Gasteiger charge is 2.22. The Morgan fingerprint density at radius 2 is 1.88 bits per heavy atom. The van der Waals surface area contributed by atoms with Gasteiger partial charge in [0, 0.05) is 22.0 Å². The van der Waals surface area contributed by atoms with E-state index in [0.717, 1.165) is 21.5 Å². The van der Waals surface area contributed by atoms with E-state index in [4.69, 9.17) is 21.1 Å². The van der Waals surface area contributed by atoms with E-state index in [0.29, 0.717) is 39.2 Å². The molecule has 2 aromatic carbocycles. The number of ether oxygens (including phenoxy) is 2. The summed E-state index contributed by atoms with van der Waals surface area (Å²) in [5.41, 5.74) is 2.67. The Hall–Kier alpha value is -3.36. The lowest BCUT2D eigenvalue weighted by Crippen LogP contribution is -2.13. The highest BCUT2D eigenvalue weighted by atomic mass is 35.5. The molecule has 0 spiro atoms. The van der Waals surface area contributed by atoms with Crippen molar-refractivity contribution in [2.24, 2.45) is 0 Å². The van der Waals surface area contributed by atoms with Crippen molar-refractivity contribution < 1.29 is 19.1 Å². The summed E-state index contributed by atoms with van der Waals surface area (Å²) in [7, 11) is 0. The van der Waals surface area contributed by atoms with E-state index in [1.807, 2.05) is 41.9 Å². The number of ketones is 1. The van der Waals surface area contributed by atoms with Crippen molar-refractivity contribution in [3.05, 3.63) is 69.2 Å². The van der Waals surface area contributed by atoms with E-state index in [1.165, 1.54) is 18.3 Å². The lowest BCUT2D eigenvalue weighted by Gasteiger charge is -2.10. The lowest BCUT2D eigenvalue weighted by molar-refractivity contribution is 0.101. The number of carbonyl (C=O) groups excluding carboxylic acids is 2. The van der Waals surface area contributed by atoms with Gasteiger partial charge < -0.3 is 14.8 Å². The first-order valence-electron chi connectivity index (χ1n) is 9.86. The zero-order chi connectivity index (χ0) is 22.4. The fraction of sp³-hybridized carbons (Fsp3) is 0.174. The van der Waals surface area contributed by atoms with Gasteiger partial charge in [-0.05, 0) is 43.7 Å². The molecule has 2 aromatic heterocycles. The Morgan fingerprint density at radius 3 is 2.59 bits per heavy atom. The van der Waals surface area contributed by atoms with Crippen LogP contribution in [0.1, 0.15) is 38.2 Å². The van der Waals surface area contributed by atoms with Crippen molar-refractivity contribution in [2.75, 3.05) is 12.1 Å². The van der Waals surface area contributed by atoms with Crippen molar-refractivity contribution in [1.29, 1.82) is 0 Å². The van der Waals surface area contributed by atoms with Crippen LogP contribution in [-0.2, 0) is 6.54 Å². The SMILES string of the molecule is CC(=O)c1cc2c(cc1NC(=O)c1cc3c(C)nn(Cc4ccc(Cl)cc4)c3s1)OCO2. The molecule has 32 heavy (non-hydrogen) atoms. The molecular formula is C23H18ClN3O4S. The number of thiophene rings is 1. The van der Waals surface area contributed by atoms with E-state index < -0.39 is 0 Å². The van der Waals surface area contributed by atoms with E-state index in [1.54, 1.807) is 12.1 Å². The molecule has 7 nitrogen and oxygen atoms in total. The number of aryl methyl sites for hydroxylation is 1. The van der Waals surface area contributed by atoms with Crippen LogP contribution in [0.3, 0.4) is 0 Å². The first-order valence-corrected chi connectivity index (χ1v) is 11.1. The monoisotopic (exact) mass is 467 g/mol. The van der Waals surface area contributed by atoms with E-state index in [2.05, 4.69) is 10.4 Å². The second-order valence-electron chi connectivity index (χ2n) is 7.46. The number of aromatic nitrogens is 2. The van der Waals surface area contributed by atoms with Crippen molar-refractivity contribution in [3.8, 4) is 11.5 Å². The third kappa shape index (κ3) is 3.72. The number of benzene rings is 2. The zero-order valence-electron chi connectivity index (χ0n) is 17.3. The number of anilines is 1. The van der Waals surface area contributed by atoms with Crippen LogP contribution in [-0.4, -0.2) is 28.3 Å². The first kappa shape index (κ1) is 20.5. The van der Waals surface area contributed by atoms with Crippen LogP contribution < -0.4 is 14.8 Å². The van der Waals surface area contributed by atoms with Crippen molar-refractivity contribution in [1.82, 2.24) is 9.78 Å². The van der Waals surface area contributed by atoms with E-state index in [-0.39, 0.29) is 18.5 Å². The van der Waals surface area contributed by atoms with Crippen LogP contribution in [0.4, 0.5) is 5.69 Å². The van der Waals surface area contributed by atoms with Crippen molar-refractivity contribution in [2.45, 2.75) is 20.4 Å². The number of hydrogen-bond acceptors (Lipinski definition) is 6. The summed E-state index contributed by atoms with van der Waals surface area (Å²) in [6.45, 7) is 4.02. The Labute approximate surface area is 192 Å². The van der Waals surface area contributed by atoms with Crippen LogP contribution in [0.15, 0.2) is 42.5 Å². The van der Waals surface area contributed by atoms with Gasteiger partial charge >= 0.3 is 0 Å². The van der Waals surface area contributed by atoms with E-state index >= 15 is 0 Å². The van der Waals surface area contributed by atoms with Crippen molar-refractivity contribution in [3.63, 3.8) is 0 Å². The quantitative estimate of drug-likeness (QED) is 0.403. The number of fused-ring (bicyclic) bond motifs is 2. The van der Waals surface area contributed by atoms with Crippen LogP contribution >= 0.6 is 22.9 Å². The molecular weight excluding hydrogens is 450 g/mol. The predicted octanol–water partition coefficient (Wildman–Crippen LogP) is 5.29. The molecule has 3 heterocycles. The molecule has 162 valence electrons. The normalized spacial score (nSPS) is 12.3. The number of carbonyl (C=O) groups is 2. The second kappa shape index (κ2) is 7.96. The summed E-state index contributed by atoms with van der Waals surface area (Å²) < 4.78 is 12.6. The number of amides is 1. The van der Waals surface area contributed by atoms with Crippen LogP contribution in [0.25, 0.3) is 10.2 Å². The summed E-state index contributed by atoms with van der Waals surface area (Å²) in [5, 5.41) is 9.07. The molecule has 5 rings (SSSR count). The molecule has 1 aliphatic heterocycles. The molecule has 1 aliphatic rings. The Balaban J connectivity index is 1.45. The van der Waals surface area contributed by atoms with Crippen LogP contribution in [0, 0.1) is 6.92 Å². The third-order valence-corrected chi connectivity index (χ3v) is 6.62. The summed E-state index contributed by atoms with van der Waals surface area (Å²) >= 11 is 7.34. The minimum absolute atomic E-state index is 0.0871. The maximum absolute atomic E-state index is 13.0. The Kier molecular flexibility index (Phi) is 5.11. The van der Waals surface area contributed by atoms with Gasteiger partial charge in [0.2, 0.25) is 6.79 Å². The number of hydrogen-bond donors (Lipinski definition) is 1. The van der Waals surface area contributed by atoms with Gasteiger partial charge in [-0.3, -0.25) is 14.3 Å². The van der Waals surface area contributed by atoms with Gasteiger partial charge in [-0.15, -0.1) is 11.3 Å². The molecule has 0 bridgehead atoms. The van der Waals surface area contributed by atoms with Gasteiger partial charge in [-0.1, -0.05) is 23.7 Å². The second-order valence-corrected chi connectivity index (χ2v) is 8.93. The number of Topliss-reactive ketones (excluding diaryl/α,β-unsaturated/α-hetero) is 1. The molecule has 4 aromatic rings. The number of halogens is 1. The first-order chi connectivity index (χ1) is 15.4. The molecule has 0 saturated carbocycles. The Bertz CT molecular complexity index is 1370. The zero-order valence-corrected chi connectivity index (χ0v) is 18.8. The molecule has 0 aliphatic carbocycles. The number of rotatable bonds is 5. The average Bonchev–Trinajstić information content (AvgIpc) is 3.46. The molecule has 0 saturated heterocycles. The van der Waals surface area contributed by atoms with Crippen molar-refractivity contribution >= 4 is 50.5 Å². The molecule has 0 fully saturated rings. The minimum atomic E-state index is -0.301. The smallest absolute Gasteiger partial charge is 0.265 e. The molecule has 1 N–H and O–H groups in total. The fourth-order valence-corrected chi connectivity index (χ4v) is 4.80. The van der Waals surface area contributed by atoms with Crippen LogP contribution in [0.5, 0.6) is 11.5 Å². The molecule has 0 atom stereocenters. The number of nitrogens with zero attached hydrogens (tertiary/aromatic N) is 2. The topological polar surface area (TPSA) is 82.5 Å². The van der Waals surface area contributed by atoms with Crippen LogP contribution in [0.2, 0.25) is 5.02 Å². The van der Waals surface area contributed by atoms with Gasteiger partial charge in [0.05, 0.1) is 22.8 Å². The maximum atomic E-state index is 13.0. The summed E-state index contributed by atoms with van der Waals surface area (Å²) in [4.78, 5) is 26.6. The van der Waals surface area contributed by atoms with Gasteiger partial charge in [0.25, 0.3) is 5.91 Å². The molecule has 0 radical (unpaired) electrons. The van der Waals surface area contributed by atoms with Gasteiger partial charge in [0.15, 0.2) is 17.3 Å². The fourth-order valence-electron chi connectivity index (χ4n) is 3.62. The lowest BCUT2D eigenvalue weighted by atomic mass is 10.1. The molecule has 0 unspecified atom stereocenters. The summed E-state index contributed by atoms with van der Waals surface area (Å²) in [5.74, 6) is 0.512. The largest absolute Gasteiger partial charge is 0.454 e. The molecule has 9 heteroatoms. The minimum Gasteiger partial charge on any atom is -0.454 e. The van der Waals surface area contributed by atoms with Gasteiger partial charge in [-0.25, -0.2) is 0 Å². The standard InChI is InChI=1S/C23H18ClN3O4S/c1-12-16-8-21(32-23(16)27(26-12)10-14-3-5-15(24)6-4-14)22(29)25-18-9-20-19(30-11-31-20)7-17(18)13(2)28/h3-9H,10-11H2,1-2H3,(H,25,29). The Morgan fingerprint density at radius 1 is 1.16 bits per heavy atom. The average molecular weight is 468 g/mol. The highest BCUT2D eigenvalue weighted by molar-refractivity contribution is 7.20. The van der Waals surface area contributed by atoms with E-state index in [9.17, 15) is 9.59 Å². The molecule has 1 amide bonds. The third-order valence-electron chi connectivity index (χ3n) is 5.22. The summed E-state index contributed by atoms with van der Waals surface area (Å²) in [6, 6.07) is 12.6. The van der Waals surface area contributed by atoms with Gasteiger partial charge in [0.1, 0.15) is 4.83 Å².